The van der Waals surface area contributed by atoms with Crippen molar-refractivity contribution in [2.75, 3.05) is 33.7 Å². The Morgan fingerprint density at radius 3 is 2.67 bits per heavy atom. The van der Waals surface area contributed by atoms with E-state index in [0.29, 0.717) is 6.04 Å². The first-order valence-corrected chi connectivity index (χ1v) is 8.95. The maximum Gasteiger partial charge on any atom is 0.191 e. The lowest BCUT2D eigenvalue weighted by Gasteiger charge is -2.23. The van der Waals surface area contributed by atoms with Gasteiger partial charge in [-0.1, -0.05) is 6.07 Å². The molecule has 0 heterocycles. The quantitative estimate of drug-likeness (QED) is 0.567. The molecule has 2 N–H and O–H groups in total. The van der Waals surface area contributed by atoms with E-state index in [9.17, 15) is 4.39 Å². The molecule has 1 aromatic carbocycles. The zero-order valence-corrected chi connectivity index (χ0v) is 15.4. The second-order valence-electron chi connectivity index (χ2n) is 6.84. The van der Waals surface area contributed by atoms with Gasteiger partial charge < -0.3 is 15.5 Å². The molecule has 0 aromatic heterocycles. The van der Waals surface area contributed by atoms with Gasteiger partial charge in [0.25, 0.3) is 0 Å². The second-order valence-corrected chi connectivity index (χ2v) is 6.84. The van der Waals surface area contributed by atoms with Crippen LogP contribution in [-0.4, -0.2) is 50.6 Å². The normalized spacial score (nSPS) is 16.3. The van der Waals surface area contributed by atoms with Crippen LogP contribution in [0.4, 0.5) is 4.39 Å². The summed E-state index contributed by atoms with van der Waals surface area (Å²) in [4.78, 5) is 7.04. The van der Waals surface area contributed by atoms with Crippen LogP contribution in [-0.2, 0) is 6.42 Å². The minimum atomic E-state index is -0.172. The minimum Gasteiger partial charge on any atom is -0.357 e. The third-order valence-corrected chi connectivity index (χ3v) is 4.60. The zero-order valence-electron chi connectivity index (χ0n) is 15.4. The van der Waals surface area contributed by atoms with Crippen LogP contribution >= 0.6 is 0 Å². The molecule has 1 aliphatic rings. The summed E-state index contributed by atoms with van der Waals surface area (Å²) in [5.41, 5.74) is 2.17. The fraction of sp³-hybridized carbons (Fsp3) is 0.632. The van der Waals surface area contributed by atoms with Gasteiger partial charge in [0, 0.05) is 19.1 Å². The molecule has 134 valence electrons. The van der Waals surface area contributed by atoms with Crippen molar-refractivity contribution in [1.82, 2.24) is 15.5 Å². The van der Waals surface area contributed by atoms with E-state index in [1.165, 1.54) is 24.5 Å². The minimum absolute atomic E-state index is 0.172. The molecular formula is C19H31FN4. The van der Waals surface area contributed by atoms with Crippen molar-refractivity contribution < 1.29 is 4.39 Å². The predicted molar refractivity (Wildman–Crippen MR) is 99.0 cm³/mol. The van der Waals surface area contributed by atoms with Gasteiger partial charge in [0.1, 0.15) is 5.82 Å². The van der Waals surface area contributed by atoms with E-state index in [1.807, 2.05) is 13.0 Å². The number of nitrogens with one attached hydrogen (secondary N) is 2. The number of guanidine groups is 1. The Bertz CT molecular complexity index is 550. The summed E-state index contributed by atoms with van der Waals surface area (Å²) in [5.74, 6) is 1.49. The van der Waals surface area contributed by atoms with Gasteiger partial charge in [-0.3, -0.25) is 4.99 Å². The molecule has 1 fully saturated rings. The Morgan fingerprint density at radius 1 is 1.33 bits per heavy atom. The lowest BCUT2D eigenvalue weighted by atomic mass is 10.1. The van der Waals surface area contributed by atoms with E-state index in [4.69, 9.17) is 4.99 Å². The largest absolute Gasteiger partial charge is 0.357 e. The highest BCUT2D eigenvalue weighted by Crippen LogP contribution is 2.34. The van der Waals surface area contributed by atoms with Gasteiger partial charge in [0.15, 0.2) is 5.96 Å². The monoisotopic (exact) mass is 334 g/mol. The van der Waals surface area contributed by atoms with Crippen LogP contribution in [0, 0.1) is 18.7 Å². The van der Waals surface area contributed by atoms with Crippen molar-refractivity contribution in [3.63, 3.8) is 0 Å². The predicted octanol–water partition coefficient (Wildman–Crippen LogP) is 2.57. The number of aryl methyl sites for hydroxylation is 1. The Hall–Kier alpha value is -1.62. The second kappa shape index (κ2) is 9.02. The number of likely N-dealkylation sites (N-methyl/N-ethyl adjacent to an activating group) is 1. The molecule has 0 spiro atoms. The van der Waals surface area contributed by atoms with Gasteiger partial charge in [-0.2, -0.15) is 0 Å². The maximum absolute atomic E-state index is 13.2. The van der Waals surface area contributed by atoms with Crippen LogP contribution in [0.15, 0.2) is 23.2 Å². The molecule has 1 atom stereocenters. The number of halogens is 1. The Balaban J connectivity index is 1.86. The highest BCUT2D eigenvalue weighted by Gasteiger charge is 2.32. The number of benzene rings is 1. The highest BCUT2D eigenvalue weighted by molar-refractivity contribution is 5.79. The van der Waals surface area contributed by atoms with Crippen molar-refractivity contribution >= 4 is 5.96 Å². The molecule has 2 rings (SSSR count). The fourth-order valence-electron chi connectivity index (χ4n) is 3.00. The fourth-order valence-corrected chi connectivity index (χ4v) is 3.00. The average molecular weight is 334 g/mol. The summed E-state index contributed by atoms with van der Waals surface area (Å²) in [5, 5.41) is 6.70. The standard InChI is InChI=1S/C19H31FN4/c1-5-21-19(23-13-18(24(3)4)16-6-7-16)22-11-10-15-8-9-17(20)12-14(15)2/h8-9,12,16,18H,5-7,10-11,13H2,1-4H3,(H2,21,22,23). The van der Waals surface area contributed by atoms with E-state index in [2.05, 4.69) is 36.6 Å². The van der Waals surface area contributed by atoms with Crippen molar-refractivity contribution in [2.24, 2.45) is 10.9 Å². The first-order valence-electron chi connectivity index (χ1n) is 8.95. The molecule has 0 bridgehead atoms. The topological polar surface area (TPSA) is 39.7 Å². The van der Waals surface area contributed by atoms with E-state index < -0.39 is 0 Å². The molecule has 1 aliphatic carbocycles. The van der Waals surface area contributed by atoms with E-state index in [1.54, 1.807) is 6.07 Å². The van der Waals surface area contributed by atoms with Gasteiger partial charge in [0.05, 0.1) is 6.54 Å². The first kappa shape index (κ1) is 18.7. The lowest BCUT2D eigenvalue weighted by molar-refractivity contribution is 0.271. The number of nitrogens with zero attached hydrogens (tertiary/aromatic N) is 2. The molecule has 1 aromatic rings. The first-order chi connectivity index (χ1) is 11.5. The van der Waals surface area contributed by atoms with Crippen LogP contribution in [0.2, 0.25) is 0 Å². The summed E-state index contributed by atoms with van der Waals surface area (Å²) in [7, 11) is 4.27. The Labute approximate surface area is 145 Å². The Kier molecular flexibility index (Phi) is 7.03. The Morgan fingerprint density at radius 2 is 2.08 bits per heavy atom. The third kappa shape index (κ3) is 5.78. The van der Waals surface area contributed by atoms with Gasteiger partial charge >= 0.3 is 0 Å². The third-order valence-electron chi connectivity index (χ3n) is 4.60. The summed E-state index contributed by atoms with van der Waals surface area (Å²) >= 11 is 0. The molecule has 0 aliphatic heterocycles. The van der Waals surface area contributed by atoms with Crippen LogP contribution in [0.25, 0.3) is 0 Å². The molecular weight excluding hydrogens is 303 g/mol. The number of hydrogen-bond acceptors (Lipinski definition) is 2. The van der Waals surface area contributed by atoms with Crippen LogP contribution in [0.3, 0.4) is 0 Å². The molecule has 0 amide bonds. The molecule has 4 nitrogen and oxygen atoms in total. The molecule has 0 radical (unpaired) electrons. The van der Waals surface area contributed by atoms with Gasteiger partial charge in [0.2, 0.25) is 0 Å². The number of aliphatic imine (C=N–C) groups is 1. The molecule has 1 saturated carbocycles. The summed E-state index contributed by atoms with van der Waals surface area (Å²) in [6.45, 7) is 6.48. The summed E-state index contributed by atoms with van der Waals surface area (Å²) in [6, 6.07) is 5.51. The molecule has 24 heavy (non-hydrogen) atoms. The van der Waals surface area contributed by atoms with Gasteiger partial charge in [-0.05, 0) is 76.4 Å². The van der Waals surface area contributed by atoms with Crippen molar-refractivity contribution in [3.05, 3.63) is 35.1 Å². The van der Waals surface area contributed by atoms with Gasteiger partial charge in [-0.15, -0.1) is 0 Å². The molecule has 5 heteroatoms. The molecule has 1 unspecified atom stereocenters. The molecule has 0 saturated heterocycles. The maximum atomic E-state index is 13.2. The SMILES string of the molecule is CCNC(=NCC(C1CC1)N(C)C)NCCc1ccc(F)cc1C. The van der Waals surface area contributed by atoms with E-state index in [0.717, 1.165) is 43.5 Å². The van der Waals surface area contributed by atoms with Crippen LogP contribution < -0.4 is 10.6 Å². The van der Waals surface area contributed by atoms with Gasteiger partial charge in [-0.25, -0.2) is 4.39 Å². The highest BCUT2D eigenvalue weighted by atomic mass is 19.1. The summed E-state index contributed by atoms with van der Waals surface area (Å²) in [6.07, 6.45) is 3.51. The zero-order chi connectivity index (χ0) is 17.5. The lowest BCUT2D eigenvalue weighted by Crippen LogP contribution is -2.40. The van der Waals surface area contributed by atoms with Crippen molar-refractivity contribution in [3.8, 4) is 0 Å². The van der Waals surface area contributed by atoms with E-state index >= 15 is 0 Å². The van der Waals surface area contributed by atoms with Crippen molar-refractivity contribution in [2.45, 2.75) is 39.2 Å². The van der Waals surface area contributed by atoms with Crippen LogP contribution in [0.1, 0.15) is 30.9 Å². The number of rotatable bonds is 8. The smallest absolute Gasteiger partial charge is 0.191 e. The van der Waals surface area contributed by atoms with E-state index in [-0.39, 0.29) is 5.82 Å². The number of hydrogen-bond donors (Lipinski definition) is 2. The van der Waals surface area contributed by atoms with Crippen LogP contribution in [0.5, 0.6) is 0 Å². The average Bonchev–Trinajstić information content (AvgIpc) is 3.34. The summed E-state index contributed by atoms with van der Waals surface area (Å²) < 4.78 is 13.2. The van der Waals surface area contributed by atoms with Crippen molar-refractivity contribution in [1.29, 1.82) is 0 Å².